The Morgan fingerprint density at radius 2 is 2.03 bits per heavy atom. The molecule has 168 valence electrons. The molecule has 0 spiro atoms. The molecule has 1 fully saturated rings. The minimum absolute atomic E-state index is 0.290. The van der Waals surface area contributed by atoms with Crippen molar-refractivity contribution in [1.82, 2.24) is 19.7 Å². The summed E-state index contributed by atoms with van der Waals surface area (Å²) >= 11 is 12.5. The smallest absolute Gasteiger partial charge is 0.331 e. The van der Waals surface area contributed by atoms with Crippen molar-refractivity contribution in [3.8, 4) is 0 Å². The first-order chi connectivity index (χ1) is 14.8. The minimum atomic E-state index is -0.844. The van der Waals surface area contributed by atoms with Crippen molar-refractivity contribution in [3.63, 3.8) is 0 Å². The first-order valence-electron chi connectivity index (χ1n) is 10.6. The molecule has 1 saturated heterocycles. The van der Waals surface area contributed by atoms with Crippen molar-refractivity contribution in [2.75, 3.05) is 20.1 Å². The highest BCUT2D eigenvalue weighted by atomic mass is 35.5. The van der Waals surface area contributed by atoms with Crippen LogP contribution in [0.25, 0.3) is 0 Å². The number of rotatable bonds is 7. The molecule has 31 heavy (non-hydrogen) atoms. The number of nitrogens with zero attached hydrogens (tertiary/aromatic N) is 3. The van der Waals surface area contributed by atoms with Gasteiger partial charge in [-0.2, -0.15) is 0 Å². The number of H-pyrrole nitrogens is 1. The largest absolute Gasteiger partial charge is 0.367 e. The standard InChI is InChI=1S/C22H28Cl2N4O3/c1-3-4-5-6-9-27(18-11-16(23)10-17(24)12-18)22(31)28-14-19(29)26(2)20(21(28)30)15-7-8-25-13-15/h7-8,10-11,13,16,20,25H,3-6,9,12,14H2,1-2H3. The third-order valence-corrected chi connectivity index (χ3v) is 6.11. The van der Waals surface area contributed by atoms with Crippen LogP contribution in [-0.4, -0.2) is 63.0 Å². The zero-order chi connectivity index (χ0) is 22.5. The van der Waals surface area contributed by atoms with Crippen LogP contribution in [0.3, 0.4) is 0 Å². The third kappa shape index (κ3) is 5.33. The molecular weight excluding hydrogens is 439 g/mol. The Morgan fingerprint density at radius 1 is 1.26 bits per heavy atom. The van der Waals surface area contributed by atoms with Gasteiger partial charge in [0.1, 0.15) is 12.6 Å². The zero-order valence-electron chi connectivity index (χ0n) is 17.8. The van der Waals surface area contributed by atoms with Gasteiger partial charge in [-0.3, -0.25) is 19.4 Å². The van der Waals surface area contributed by atoms with Crippen LogP contribution in [-0.2, 0) is 9.59 Å². The first kappa shape index (κ1) is 23.4. The van der Waals surface area contributed by atoms with E-state index in [0.717, 1.165) is 30.6 Å². The molecule has 0 saturated carbocycles. The zero-order valence-corrected chi connectivity index (χ0v) is 19.3. The number of carbonyl (C=O) groups excluding carboxylic acids is 3. The fourth-order valence-corrected chi connectivity index (χ4v) is 4.54. The maximum Gasteiger partial charge on any atom is 0.331 e. The van der Waals surface area contributed by atoms with E-state index in [1.165, 1.54) is 4.90 Å². The van der Waals surface area contributed by atoms with E-state index < -0.39 is 23.4 Å². The number of carbonyl (C=O) groups is 3. The number of allylic oxidation sites excluding steroid dienone is 3. The average Bonchev–Trinajstić information content (AvgIpc) is 3.24. The Bertz CT molecular complexity index is 881. The first-order valence-corrected chi connectivity index (χ1v) is 11.4. The van der Waals surface area contributed by atoms with Crippen LogP contribution in [0.5, 0.6) is 0 Å². The normalized spacial score (nSPS) is 21.8. The molecule has 3 rings (SSSR count). The summed E-state index contributed by atoms with van der Waals surface area (Å²) in [6, 6.07) is 0.378. The molecule has 7 nitrogen and oxygen atoms in total. The van der Waals surface area contributed by atoms with Gasteiger partial charge in [-0.1, -0.05) is 37.8 Å². The number of alkyl halides is 1. The Kier molecular flexibility index (Phi) is 7.84. The van der Waals surface area contributed by atoms with Gasteiger partial charge in [0.25, 0.3) is 5.91 Å². The highest BCUT2D eigenvalue weighted by Crippen LogP contribution is 2.31. The molecule has 2 unspecified atom stereocenters. The van der Waals surface area contributed by atoms with Gasteiger partial charge in [-0.15, -0.1) is 11.6 Å². The number of piperazine rings is 1. The lowest BCUT2D eigenvalue weighted by Gasteiger charge is -2.39. The number of imide groups is 1. The van der Waals surface area contributed by atoms with E-state index in [9.17, 15) is 14.4 Å². The minimum Gasteiger partial charge on any atom is -0.367 e. The molecule has 2 aliphatic rings. The number of unbranched alkanes of at least 4 members (excludes halogenated alkanes) is 3. The summed E-state index contributed by atoms with van der Waals surface area (Å²) in [5.74, 6) is -0.721. The van der Waals surface area contributed by atoms with Gasteiger partial charge in [0.15, 0.2) is 0 Å². The number of aromatic amines is 1. The average molecular weight is 467 g/mol. The summed E-state index contributed by atoms with van der Waals surface area (Å²) in [5, 5.41) is 0.120. The highest BCUT2D eigenvalue weighted by Gasteiger charge is 2.43. The van der Waals surface area contributed by atoms with Crippen molar-refractivity contribution in [1.29, 1.82) is 0 Å². The van der Waals surface area contributed by atoms with E-state index in [4.69, 9.17) is 23.2 Å². The number of halogens is 2. The highest BCUT2D eigenvalue weighted by molar-refractivity contribution is 6.31. The van der Waals surface area contributed by atoms with E-state index in [0.29, 0.717) is 29.3 Å². The molecule has 2 heterocycles. The predicted molar refractivity (Wildman–Crippen MR) is 121 cm³/mol. The van der Waals surface area contributed by atoms with Crippen LogP contribution in [0, 0.1) is 0 Å². The Morgan fingerprint density at radius 3 is 2.68 bits per heavy atom. The summed E-state index contributed by atoms with van der Waals surface area (Å²) in [7, 11) is 1.58. The lowest BCUT2D eigenvalue weighted by atomic mass is 10.0. The second-order valence-electron chi connectivity index (χ2n) is 7.86. The van der Waals surface area contributed by atoms with Gasteiger partial charge >= 0.3 is 6.03 Å². The molecule has 4 amide bonds. The molecule has 2 atom stereocenters. The van der Waals surface area contributed by atoms with E-state index in [2.05, 4.69) is 11.9 Å². The van der Waals surface area contributed by atoms with Gasteiger partial charge < -0.3 is 9.88 Å². The summed E-state index contributed by atoms with van der Waals surface area (Å²) < 4.78 is 0. The Balaban J connectivity index is 1.86. The monoisotopic (exact) mass is 466 g/mol. The topological polar surface area (TPSA) is 76.7 Å². The van der Waals surface area contributed by atoms with Gasteiger partial charge in [0.2, 0.25) is 5.91 Å². The van der Waals surface area contributed by atoms with E-state index >= 15 is 0 Å². The van der Waals surface area contributed by atoms with Crippen LogP contribution >= 0.6 is 23.2 Å². The number of urea groups is 1. The number of hydrogen-bond acceptors (Lipinski definition) is 3. The molecule has 1 N–H and O–H groups in total. The molecule has 0 radical (unpaired) electrons. The molecule has 9 heteroatoms. The second kappa shape index (κ2) is 10.4. The molecule has 0 aromatic carbocycles. The summed E-state index contributed by atoms with van der Waals surface area (Å²) in [6.07, 6.45) is 11.1. The summed E-state index contributed by atoms with van der Waals surface area (Å²) in [6.45, 7) is 2.26. The molecule has 1 aliphatic heterocycles. The summed E-state index contributed by atoms with van der Waals surface area (Å²) in [5.41, 5.74) is 1.29. The number of nitrogens with one attached hydrogen (secondary N) is 1. The lowest BCUT2D eigenvalue weighted by molar-refractivity contribution is -0.152. The van der Waals surface area contributed by atoms with E-state index in [1.807, 2.05) is 0 Å². The molecule has 1 aromatic heterocycles. The SMILES string of the molecule is CCCCCCN(C(=O)N1CC(=O)N(C)C(c2cc[nH]c2)C1=O)C1=CC(Cl)C=C(Cl)C1. The quantitative estimate of drug-likeness (QED) is 0.478. The molecular formula is C22H28Cl2N4O3. The van der Waals surface area contributed by atoms with E-state index in [1.54, 1.807) is 42.6 Å². The van der Waals surface area contributed by atoms with E-state index in [-0.39, 0.29) is 12.5 Å². The van der Waals surface area contributed by atoms with Crippen molar-refractivity contribution in [2.45, 2.75) is 50.4 Å². The second-order valence-corrected chi connectivity index (χ2v) is 8.85. The fourth-order valence-electron chi connectivity index (χ4n) is 3.90. The Labute approximate surface area is 192 Å². The van der Waals surface area contributed by atoms with Crippen LogP contribution in [0.1, 0.15) is 50.6 Å². The predicted octanol–water partition coefficient (Wildman–Crippen LogP) is 4.38. The van der Waals surface area contributed by atoms with Crippen LogP contribution in [0.4, 0.5) is 4.79 Å². The maximum atomic E-state index is 13.6. The van der Waals surface area contributed by atoms with Gasteiger partial charge in [0.05, 0.1) is 5.38 Å². The molecule has 1 aliphatic carbocycles. The maximum absolute atomic E-state index is 13.6. The van der Waals surface area contributed by atoms with Gasteiger partial charge in [0, 0.05) is 48.7 Å². The lowest BCUT2D eigenvalue weighted by Crippen LogP contribution is -2.58. The van der Waals surface area contributed by atoms with Crippen molar-refractivity contribution in [2.24, 2.45) is 0 Å². The molecule has 1 aromatic rings. The molecule has 0 bridgehead atoms. The van der Waals surface area contributed by atoms with Crippen molar-refractivity contribution in [3.05, 3.63) is 46.9 Å². The van der Waals surface area contributed by atoms with Crippen molar-refractivity contribution >= 4 is 41.0 Å². The fraction of sp³-hybridized carbons (Fsp3) is 0.500. The summed E-state index contributed by atoms with van der Waals surface area (Å²) in [4.78, 5) is 46.4. The number of hydrogen-bond donors (Lipinski definition) is 1. The van der Waals surface area contributed by atoms with Crippen LogP contribution < -0.4 is 0 Å². The Hall–Kier alpha value is -2.25. The number of likely N-dealkylation sites (N-methyl/N-ethyl adjacent to an activating group) is 1. The van der Waals surface area contributed by atoms with Crippen LogP contribution in [0.2, 0.25) is 0 Å². The third-order valence-electron chi connectivity index (χ3n) is 5.60. The van der Waals surface area contributed by atoms with Crippen LogP contribution in [0.15, 0.2) is 41.3 Å². The van der Waals surface area contributed by atoms with Gasteiger partial charge in [-0.05, 0) is 24.6 Å². The van der Waals surface area contributed by atoms with Gasteiger partial charge in [-0.25, -0.2) is 4.79 Å². The number of amides is 4. The number of aromatic nitrogens is 1. The van der Waals surface area contributed by atoms with Crippen molar-refractivity contribution < 1.29 is 14.4 Å².